The van der Waals surface area contributed by atoms with Crippen LogP contribution in [0.5, 0.6) is 0 Å². The quantitative estimate of drug-likeness (QED) is 0.329. The van der Waals surface area contributed by atoms with Gasteiger partial charge < -0.3 is 0 Å². The third-order valence-electron chi connectivity index (χ3n) is 3.86. The standard InChI is InChI=1S/C22H20N2OS2/c1-26-20-13-9-17(10-14-20)15-23-24-22(25)19-11-7-18(8-12-19)16-27-21-5-3-2-4-6-21/h2-15H,16H2,1H3,(H,24,25)/b23-15+. The molecule has 3 aromatic carbocycles. The molecule has 0 aliphatic rings. The van der Waals surface area contributed by atoms with Crippen molar-refractivity contribution in [3.8, 4) is 0 Å². The summed E-state index contributed by atoms with van der Waals surface area (Å²) in [6.45, 7) is 0. The third kappa shape index (κ3) is 6.01. The first kappa shape index (κ1) is 19.3. The van der Waals surface area contributed by atoms with Crippen LogP contribution in [0.4, 0.5) is 0 Å². The van der Waals surface area contributed by atoms with E-state index in [0.29, 0.717) is 5.56 Å². The van der Waals surface area contributed by atoms with Gasteiger partial charge in [-0.3, -0.25) is 4.79 Å². The molecule has 0 aromatic heterocycles. The number of benzene rings is 3. The van der Waals surface area contributed by atoms with E-state index >= 15 is 0 Å². The van der Waals surface area contributed by atoms with Gasteiger partial charge >= 0.3 is 0 Å². The number of nitrogens with one attached hydrogen (secondary N) is 1. The van der Waals surface area contributed by atoms with Crippen LogP contribution in [0.3, 0.4) is 0 Å². The number of amides is 1. The smallest absolute Gasteiger partial charge is 0.267 e. The fraction of sp³-hybridized carbons (Fsp3) is 0.0909. The Morgan fingerprint density at radius 2 is 1.63 bits per heavy atom. The van der Waals surface area contributed by atoms with Gasteiger partial charge in [-0.2, -0.15) is 5.10 Å². The molecule has 3 rings (SSSR count). The largest absolute Gasteiger partial charge is 0.271 e. The van der Waals surface area contributed by atoms with Crippen molar-refractivity contribution in [2.24, 2.45) is 5.10 Å². The van der Waals surface area contributed by atoms with Crippen LogP contribution in [-0.4, -0.2) is 18.4 Å². The van der Waals surface area contributed by atoms with E-state index in [-0.39, 0.29) is 5.91 Å². The summed E-state index contributed by atoms with van der Waals surface area (Å²) in [5.41, 5.74) is 5.29. The molecule has 1 amide bonds. The molecule has 3 aromatic rings. The second-order valence-electron chi connectivity index (χ2n) is 5.77. The van der Waals surface area contributed by atoms with Gasteiger partial charge in [0.15, 0.2) is 0 Å². The summed E-state index contributed by atoms with van der Waals surface area (Å²) in [4.78, 5) is 14.6. The van der Waals surface area contributed by atoms with Gasteiger partial charge in [0.2, 0.25) is 0 Å². The number of carbonyl (C=O) groups is 1. The van der Waals surface area contributed by atoms with Crippen LogP contribution in [0, 0.1) is 0 Å². The molecular weight excluding hydrogens is 372 g/mol. The molecule has 5 heteroatoms. The molecule has 0 radical (unpaired) electrons. The Bertz CT molecular complexity index is 892. The number of hydrogen-bond donors (Lipinski definition) is 1. The van der Waals surface area contributed by atoms with Gasteiger partial charge in [0.05, 0.1) is 6.21 Å². The van der Waals surface area contributed by atoms with Gasteiger partial charge in [0.1, 0.15) is 0 Å². The average Bonchev–Trinajstić information content (AvgIpc) is 2.74. The minimum atomic E-state index is -0.214. The number of nitrogens with zero attached hydrogens (tertiary/aromatic N) is 1. The molecule has 3 nitrogen and oxygen atoms in total. The summed E-state index contributed by atoms with van der Waals surface area (Å²) in [6, 6.07) is 25.9. The highest BCUT2D eigenvalue weighted by Crippen LogP contribution is 2.22. The lowest BCUT2D eigenvalue weighted by Crippen LogP contribution is -2.17. The van der Waals surface area contributed by atoms with E-state index in [1.165, 1.54) is 15.4 Å². The fourth-order valence-corrected chi connectivity index (χ4v) is 3.64. The van der Waals surface area contributed by atoms with Crippen LogP contribution in [0.15, 0.2) is 93.8 Å². The van der Waals surface area contributed by atoms with Crippen LogP contribution in [-0.2, 0) is 5.75 Å². The number of hydrazone groups is 1. The highest BCUT2D eigenvalue weighted by Gasteiger charge is 2.04. The summed E-state index contributed by atoms with van der Waals surface area (Å²) in [5.74, 6) is 0.657. The van der Waals surface area contributed by atoms with E-state index in [9.17, 15) is 4.79 Å². The van der Waals surface area contributed by atoms with Crippen molar-refractivity contribution < 1.29 is 4.79 Å². The minimum Gasteiger partial charge on any atom is -0.267 e. The maximum atomic E-state index is 12.2. The molecule has 0 aliphatic heterocycles. The lowest BCUT2D eigenvalue weighted by Gasteiger charge is -2.04. The summed E-state index contributed by atoms with van der Waals surface area (Å²) in [6.07, 6.45) is 3.68. The molecule has 1 N–H and O–H groups in total. The van der Waals surface area contributed by atoms with Crippen molar-refractivity contribution in [2.75, 3.05) is 6.26 Å². The van der Waals surface area contributed by atoms with Crippen LogP contribution < -0.4 is 5.43 Å². The van der Waals surface area contributed by atoms with Crippen LogP contribution in [0.2, 0.25) is 0 Å². The molecule has 0 aliphatic carbocycles. The van der Waals surface area contributed by atoms with Gasteiger partial charge in [-0.05, 0) is 53.8 Å². The lowest BCUT2D eigenvalue weighted by molar-refractivity contribution is 0.0955. The van der Waals surface area contributed by atoms with E-state index < -0.39 is 0 Å². The molecule has 136 valence electrons. The summed E-state index contributed by atoms with van der Waals surface area (Å²) >= 11 is 3.47. The number of carbonyl (C=O) groups excluding carboxylic acids is 1. The van der Waals surface area contributed by atoms with Crippen molar-refractivity contribution in [1.29, 1.82) is 0 Å². The monoisotopic (exact) mass is 392 g/mol. The van der Waals surface area contributed by atoms with Crippen LogP contribution >= 0.6 is 23.5 Å². The van der Waals surface area contributed by atoms with Gasteiger partial charge in [-0.15, -0.1) is 23.5 Å². The van der Waals surface area contributed by atoms with Crippen molar-refractivity contribution in [3.63, 3.8) is 0 Å². The van der Waals surface area contributed by atoms with E-state index in [1.54, 1.807) is 29.7 Å². The second-order valence-corrected chi connectivity index (χ2v) is 7.70. The van der Waals surface area contributed by atoms with E-state index in [4.69, 9.17) is 0 Å². The van der Waals surface area contributed by atoms with Gasteiger partial charge in [0, 0.05) is 21.1 Å². The molecule has 0 heterocycles. The van der Waals surface area contributed by atoms with Gasteiger partial charge in [-0.25, -0.2) is 5.43 Å². The second kappa shape index (κ2) is 10.00. The summed E-state index contributed by atoms with van der Waals surface area (Å²) in [5, 5.41) is 4.04. The Morgan fingerprint density at radius 3 is 2.30 bits per heavy atom. The summed E-state index contributed by atoms with van der Waals surface area (Å²) in [7, 11) is 0. The molecule has 0 fully saturated rings. The number of thioether (sulfide) groups is 2. The molecule has 0 spiro atoms. The Hall–Kier alpha value is -2.50. The Kier molecular flexibility index (Phi) is 7.13. The first-order valence-corrected chi connectivity index (χ1v) is 10.7. The predicted molar refractivity (Wildman–Crippen MR) is 116 cm³/mol. The number of rotatable bonds is 7. The lowest BCUT2D eigenvalue weighted by atomic mass is 10.1. The Balaban J connectivity index is 1.51. The fourth-order valence-electron chi connectivity index (χ4n) is 2.36. The number of hydrogen-bond acceptors (Lipinski definition) is 4. The summed E-state index contributed by atoms with van der Waals surface area (Å²) < 4.78 is 0. The maximum Gasteiger partial charge on any atom is 0.271 e. The molecular formula is C22H20N2OS2. The van der Waals surface area contributed by atoms with Crippen LogP contribution in [0.25, 0.3) is 0 Å². The van der Waals surface area contributed by atoms with Crippen molar-refractivity contribution in [3.05, 3.63) is 95.6 Å². The molecule has 0 bridgehead atoms. The topological polar surface area (TPSA) is 41.5 Å². The molecule has 0 saturated carbocycles. The predicted octanol–water partition coefficient (Wildman–Crippen LogP) is 5.46. The van der Waals surface area contributed by atoms with Gasteiger partial charge in [-0.1, -0.05) is 42.5 Å². The van der Waals surface area contributed by atoms with Gasteiger partial charge in [0.25, 0.3) is 5.91 Å². The average molecular weight is 393 g/mol. The Morgan fingerprint density at radius 1 is 0.926 bits per heavy atom. The maximum absolute atomic E-state index is 12.2. The van der Waals surface area contributed by atoms with Crippen LogP contribution in [0.1, 0.15) is 21.5 Å². The zero-order valence-electron chi connectivity index (χ0n) is 15.0. The first-order chi connectivity index (χ1) is 13.2. The first-order valence-electron chi connectivity index (χ1n) is 8.49. The molecule has 0 unspecified atom stereocenters. The molecule has 0 saturated heterocycles. The van der Waals surface area contributed by atoms with E-state index in [2.05, 4.69) is 22.7 Å². The minimum absolute atomic E-state index is 0.214. The zero-order chi connectivity index (χ0) is 18.9. The SMILES string of the molecule is CSc1ccc(/C=N/NC(=O)c2ccc(CSc3ccccc3)cc2)cc1. The van der Waals surface area contributed by atoms with E-state index in [0.717, 1.165) is 11.3 Å². The molecule has 0 atom stereocenters. The third-order valence-corrected chi connectivity index (χ3v) is 5.69. The van der Waals surface area contributed by atoms with Crippen molar-refractivity contribution in [1.82, 2.24) is 5.43 Å². The van der Waals surface area contributed by atoms with Crippen molar-refractivity contribution >= 4 is 35.6 Å². The highest BCUT2D eigenvalue weighted by molar-refractivity contribution is 7.98. The van der Waals surface area contributed by atoms with Crippen molar-refractivity contribution in [2.45, 2.75) is 15.5 Å². The van der Waals surface area contributed by atoms with E-state index in [1.807, 2.05) is 73.0 Å². The highest BCUT2D eigenvalue weighted by atomic mass is 32.2. The zero-order valence-corrected chi connectivity index (χ0v) is 16.6. The normalized spacial score (nSPS) is 10.9. The molecule has 27 heavy (non-hydrogen) atoms. The Labute approximate surface area is 168 Å².